The molecule has 1 aromatic carbocycles. The van der Waals surface area contributed by atoms with Gasteiger partial charge in [-0.2, -0.15) is 0 Å². The van der Waals surface area contributed by atoms with Crippen molar-refractivity contribution in [1.29, 1.82) is 0 Å². The molecule has 4 rings (SSSR count). The second-order valence-electron chi connectivity index (χ2n) is 9.34. The van der Waals surface area contributed by atoms with Gasteiger partial charge < -0.3 is 20.3 Å². The number of rotatable bonds is 5. The van der Waals surface area contributed by atoms with Crippen molar-refractivity contribution in [3.8, 4) is 0 Å². The van der Waals surface area contributed by atoms with Crippen molar-refractivity contribution in [1.82, 2.24) is 15.5 Å². The van der Waals surface area contributed by atoms with Gasteiger partial charge in [0.2, 0.25) is 0 Å². The van der Waals surface area contributed by atoms with Crippen LogP contribution in [-0.2, 0) is 4.74 Å². The first-order chi connectivity index (χ1) is 15.1. The van der Waals surface area contributed by atoms with Gasteiger partial charge in [-0.1, -0.05) is 6.07 Å². The lowest BCUT2D eigenvalue weighted by atomic mass is 9.88. The molecule has 31 heavy (non-hydrogen) atoms. The van der Waals surface area contributed by atoms with Gasteiger partial charge in [0, 0.05) is 51.5 Å². The number of hydrogen-bond donors (Lipinski definition) is 2. The van der Waals surface area contributed by atoms with Gasteiger partial charge in [-0.25, -0.2) is 4.39 Å². The topological polar surface area (TPSA) is 52.1 Å². The molecule has 0 amide bonds. The van der Waals surface area contributed by atoms with E-state index in [9.17, 15) is 4.39 Å². The predicted octanol–water partition coefficient (Wildman–Crippen LogP) is 2.91. The van der Waals surface area contributed by atoms with Crippen molar-refractivity contribution < 1.29 is 9.13 Å². The zero-order valence-corrected chi connectivity index (χ0v) is 19.1. The molecule has 3 saturated heterocycles. The normalized spacial score (nSPS) is 24.9. The molecule has 0 bridgehead atoms. The zero-order chi connectivity index (χ0) is 21.7. The Bertz CT molecular complexity index is 758. The van der Waals surface area contributed by atoms with Gasteiger partial charge in [0.1, 0.15) is 5.82 Å². The highest BCUT2D eigenvalue weighted by Crippen LogP contribution is 2.31. The number of halogens is 1. The average Bonchev–Trinajstić information content (AvgIpc) is 3.35. The van der Waals surface area contributed by atoms with Crippen molar-refractivity contribution in [3.63, 3.8) is 0 Å². The summed E-state index contributed by atoms with van der Waals surface area (Å²) in [6.07, 6.45) is 6.83. The number of aliphatic imine (C=N–C) groups is 1. The van der Waals surface area contributed by atoms with Crippen molar-refractivity contribution in [2.45, 2.75) is 57.0 Å². The summed E-state index contributed by atoms with van der Waals surface area (Å²) in [5.41, 5.74) is 1.97. The van der Waals surface area contributed by atoms with E-state index in [2.05, 4.69) is 25.4 Å². The van der Waals surface area contributed by atoms with Gasteiger partial charge in [-0.15, -0.1) is 0 Å². The highest BCUT2D eigenvalue weighted by atomic mass is 19.1. The maximum absolute atomic E-state index is 14.4. The monoisotopic (exact) mass is 431 g/mol. The van der Waals surface area contributed by atoms with Crippen LogP contribution in [0.5, 0.6) is 0 Å². The third-order valence-electron chi connectivity index (χ3n) is 7.21. The Morgan fingerprint density at radius 1 is 1.19 bits per heavy atom. The number of piperidine rings is 1. The third-order valence-corrected chi connectivity index (χ3v) is 7.21. The van der Waals surface area contributed by atoms with Crippen LogP contribution in [0.3, 0.4) is 0 Å². The van der Waals surface area contributed by atoms with Gasteiger partial charge in [0.15, 0.2) is 5.96 Å². The summed E-state index contributed by atoms with van der Waals surface area (Å²) < 4.78 is 20.1. The van der Waals surface area contributed by atoms with Crippen molar-refractivity contribution in [3.05, 3.63) is 29.6 Å². The summed E-state index contributed by atoms with van der Waals surface area (Å²) in [5.74, 6) is 0.711. The van der Waals surface area contributed by atoms with Crippen LogP contribution in [0, 0.1) is 12.7 Å². The van der Waals surface area contributed by atoms with E-state index >= 15 is 0 Å². The van der Waals surface area contributed by atoms with Crippen molar-refractivity contribution in [2.75, 3.05) is 57.9 Å². The molecule has 0 saturated carbocycles. The molecular formula is C24H38FN5O. The van der Waals surface area contributed by atoms with Crippen LogP contribution in [-0.4, -0.2) is 75.4 Å². The molecule has 1 atom stereocenters. The van der Waals surface area contributed by atoms with E-state index < -0.39 is 0 Å². The van der Waals surface area contributed by atoms with Gasteiger partial charge in [-0.05, 0) is 76.2 Å². The van der Waals surface area contributed by atoms with Crippen LogP contribution in [0.15, 0.2) is 23.2 Å². The first kappa shape index (κ1) is 22.3. The van der Waals surface area contributed by atoms with Crippen LogP contribution < -0.4 is 15.5 Å². The minimum atomic E-state index is -0.138. The first-order valence-corrected chi connectivity index (χ1v) is 11.9. The summed E-state index contributed by atoms with van der Waals surface area (Å²) in [7, 11) is 1.84. The smallest absolute Gasteiger partial charge is 0.191 e. The minimum Gasteiger partial charge on any atom is -0.381 e. The van der Waals surface area contributed by atoms with E-state index in [0.717, 1.165) is 70.1 Å². The number of anilines is 1. The maximum atomic E-state index is 14.4. The van der Waals surface area contributed by atoms with E-state index in [1.807, 2.05) is 26.1 Å². The Kier molecular flexibility index (Phi) is 7.33. The molecule has 0 aliphatic carbocycles. The van der Waals surface area contributed by atoms with Crippen LogP contribution in [0.1, 0.15) is 44.1 Å². The molecule has 172 valence electrons. The Balaban J connectivity index is 1.36. The Morgan fingerprint density at radius 2 is 1.97 bits per heavy atom. The van der Waals surface area contributed by atoms with E-state index in [1.54, 1.807) is 6.07 Å². The van der Waals surface area contributed by atoms with Gasteiger partial charge in [-0.3, -0.25) is 9.89 Å². The molecular weight excluding hydrogens is 393 g/mol. The minimum absolute atomic E-state index is 0.138. The predicted molar refractivity (Wildman–Crippen MR) is 124 cm³/mol. The van der Waals surface area contributed by atoms with Crippen LogP contribution in [0.2, 0.25) is 0 Å². The second-order valence-corrected chi connectivity index (χ2v) is 9.34. The lowest BCUT2D eigenvalue weighted by Gasteiger charge is -2.45. The molecule has 3 fully saturated rings. The van der Waals surface area contributed by atoms with Crippen molar-refractivity contribution in [2.24, 2.45) is 4.99 Å². The van der Waals surface area contributed by atoms with Gasteiger partial charge in [0.05, 0.1) is 5.69 Å². The molecule has 3 heterocycles. The number of ether oxygens (including phenoxy) is 1. The lowest BCUT2D eigenvalue weighted by molar-refractivity contribution is -0.0164. The number of nitrogens with one attached hydrogen (secondary N) is 2. The molecule has 3 aliphatic rings. The van der Waals surface area contributed by atoms with Crippen LogP contribution in [0.25, 0.3) is 0 Å². The fraction of sp³-hybridized carbons (Fsp3) is 0.708. The van der Waals surface area contributed by atoms with Gasteiger partial charge >= 0.3 is 0 Å². The third kappa shape index (κ3) is 5.32. The second kappa shape index (κ2) is 10.2. The molecule has 1 unspecified atom stereocenters. The zero-order valence-electron chi connectivity index (χ0n) is 19.1. The quantitative estimate of drug-likeness (QED) is 0.555. The SMILES string of the molecule is CN=C(NCC1(N2CCCC2)CCOCC1)NC1CCCN(c2cc(C)ccc2F)C1. The summed E-state index contributed by atoms with van der Waals surface area (Å²) in [5, 5.41) is 7.24. The van der Waals surface area contributed by atoms with E-state index in [-0.39, 0.29) is 17.4 Å². The molecule has 7 heteroatoms. The summed E-state index contributed by atoms with van der Waals surface area (Å²) in [6, 6.07) is 5.61. The number of likely N-dealkylation sites (tertiary alicyclic amines) is 1. The molecule has 6 nitrogen and oxygen atoms in total. The summed E-state index contributed by atoms with van der Waals surface area (Å²) in [6.45, 7) is 8.63. The highest BCUT2D eigenvalue weighted by molar-refractivity contribution is 5.80. The Labute approximate surface area is 186 Å². The van der Waals surface area contributed by atoms with Crippen LogP contribution in [0.4, 0.5) is 10.1 Å². The fourth-order valence-corrected chi connectivity index (χ4v) is 5.36. The number of guanidine groups is 1. The van der Waals surface area contributed by atoms with E-state index in [1.165, 1.54) is 25.9 Å². The molecule has 3 aliphatic heterocycles. The fourth-order valence-electron chi connectivity index (χ4n) is 5.36. The van der Waals surface area contributed by atoms with E-state index in [0.29, 0.717) is 5.69 Å². The maximum Gasteiger partial charge on any atom is 0.191 e. The number of aryl methyl sites for hydroxylation is 1. The number of benzene rings is 1. The van der Waals surface area contributed by atoms with Crippen molar-refractivity contribution >= 4 is 11.6 Å². The average molecular weight is 432 g/mol. The van der Waals surface area contributed by atoms with Crippen LogP contribution >= 0.6 is 0 Å². The highest BCUT2D eigenvalue weighted by Gasteiger charge is 2.39. The first-order valence-electron chi connectivity index (χ1n) is 11.9. The summed E-state index contributed by atoms with van der Waals surface area (Å²) >= 11 is 0. The molecule has 0 radical (unpaired) electrons. The van der Waals surface area contributed by atoms with Gasteiger partial charge in [0.25, 0.3) is 0 Å². The number of nitrogens with zero attached hydrogens (tertiary/aromatic N) is 3. The molecule has 0 spiro atoms. The Morgan fingerprint density at radius 3 is 2.71 bits per heavy atom. The molecule has 1 aromatic rings. The van der Waals surface area contributed by atoms with E-state index in [4.69, 9.17) is 4.74 Å². The number of hydrogen-bond acceptors (Lipinski definition) is 4. The summed E-state index contributed by atoms with van der Waals surface area (Å²) in [4.78, 5) is 9.34. The standard InChI is InChI=1S/C24H38FN5O/c1-19-7-8-21(25)22(16-19)29-11-5-6-20(17-29)28-23(26-2)27-18-24(9-14-31-15-10-24)30-12-3-4-13-30/h7-8,16,20H,3-6,9-15,17-18H2,1-2H3,(H2,26,27,28). The largest absolute Gasteiger partial charge is 0.381 e. The molecule has 2 N–H and O–H groups in total. The Hall–Kier alpha value is -1.86. The molecule has 0 aromatic heterocycles. The lowest BCUT2D eigenvalue weighted by Crippen LogP contribution is -2.60.